The van der Waals surface area contributed by atoms with Gasteiger partial charge in [-0.05, 0) is 32.6 Å². The molecule has 3 N–H and O–H groups in total. The minimum absolute atomic E-state index is 0.118. The van der Waals surface area contributed by atoms with Crippen LogP contribution in [-0.4, -0.2) is 65.8 Å². The monoisotopic (exact) mass is 296 g/mol. The standard InChI is InChI=1S/C14H24N4O3/c1-9(15)13(20)18-8-4-6-11(18)14(21)17-7-3-5-10(17)12(19)16-2/h9-11H,3-8,15H2,1-2H3,(H,16,19)/t9-,10-,11-/m0/s1. The molecule has 118 valence electrons. The Bertz CT molecular complexity index is 438. The molecule has 2 fully saturated rings. The first kappa shape index (κ1) is 15.8. The van der Waals surface area contributed by atoms with Gasteiger partial charge in [0.2, 0.25) is 17.7 Å². The van der Waals surface area contributed by atoms with Crippen LogP contribution in [-0.2, 0) is 14.4 Å². The Morgan fingerprint density at radius 2 is 1.67 bits per heavy atom. The Kier molecular flexibility index (Phi) is 4.82. The van der Waals surface area contributed by atoms with Crippen LogP contribution in [0, 0.1) is 0 Å². The normalized spacial score (nSPS) is 26.8. The molecule has 0 unspecified atom stereocenters. The van der Waals surface area contributed by atoms with Gasteiger partial charge in [0.25, 0.3) is 0 Å². The van der Waals surface area contributed by atoms with E-state index >= 15 is 0 Å². The lowest BCUT2D eigenvalue weighted by Gasteiger charge is -2.31. The first-order chi connectivity index (χ1) is 9.97. The number of rotatable bonds is 3. The summed E-state index contributed by atoms with van der Waals surface area (Å²) in [5.41, 5.74) is 5.65. The Morgan fingerprint density at radius 1 is 1.10 bits per heavy atom. The third kappa shape index (κ3) is 3.02. The second-order valence-corrected chi connectivity index (χ2v) is 5.78. The maximum absolute atomic E-state index is 12.7. The maximum atomic E-state index is 12.7. The molecule has 2 rings (SSSR count). The van der Waals surface area contributed by atoms with Crippen LogP contribution in [0.1, 0.15) is 32.6 Å². The summed E-state index contributed by atoms with van der Waals surface area (Å²) >= 11 is 0. The molecule has 21 heavy (non-hydrogen) atoms. The molecule has 3 amide bonds. The van der Waals surface area contributed by atoms with E-state index in [-0.39, 0.29) is 17.7 Å². The Morgan fingerprint density at radius 3 is 2.24 bits per heavy atom. The van der Waals surface area contributed by atoms with Gasteiger partial charge in [-0.15, -0.1) is 0 Å². The van der Waals surface area contributed by atoms with E-state index < -0.39 is 18.1 Å². The summed E-state index contributed by atoms with van der Waals surface area (Å²) in [7, 11) is 1.57. The molecule has 7 nitrogen and oxygen atoms in total. The zero-order valence-electron chi connectivity index (χ0n) is 12.7. The van der Waals surface area contributed by atoms with E-state index in [1.807, 2.05) is 0 Å². The van der Waals surface area contributed by atoms with Crippen LogP contribution < -0.4 is 11.1 Å². The highest BCUT2D eigenvalue weighted by Crippen LogP contribution is 2.25. The molecule has 2 aliphatic rings. The number of nitrogens with zero attached hydrogens (tertiary/aromatic N) is 2. The molecule has 2 heterocycles. The zero-order valence-corrected chi connectivity index (χ0v) is 12.7. The number of likely N-dealkylation sites (N-methyl/N-ethyl adjacent to an activating group) is 1. The molecule has 0 aromatic heterocycles. The van der Waals surface area contributed by atoms with Crippen molar-refractivity contribution in [2.75, 3.05) is 20.1 Å². The summed E-state index contributed by atoms with van der Waals surface area (Å²) in [5.74, 6) is -0.446. The first-order valence-corrected chi connectivity index (χ1v) is 7.55. The number of likely N-dealkylation sites (tertiary alicyclic amines) is 2. The van der Waals surface area contributed by atoms with Crippen LogP contribution >= 0.6 is 0 Å². The second-order valence-electron chi connectivity index (χ2n) is 5.78. The fourth-order valence-electron chi connectivity index (χ4n) is 3.21. The molecule has 0 aromatic carbocycles. The molecule has 3 atom stereocenters. The lowest BCUT2D eigenvalue weighted by atomic mass is 10.1. The van der Waals surface area contributed by atoms with Gasteiger partial charge in [-0.2, -0.15) is 0 Å². The molecule has 2 saturated heterocycles. The van der Waals surface area contributed by atoms with E-state index in [0.29, 0.717) is 25.9 Å². The number of nitrogens with one attached hydrogen (secondary N) is 1. The fourth-order valence-corrected chi connectivity index (χ4v) is 3.21. The first-order valence-electron chi connectivity index (χ1n) is 7.55. The average molecular weight is 296 g/mol. The number of carbonyl (C=O) groups excluding carboxylic acids is 3. The van der Waals surface area contributed by atoms with E-state index in [0.717, 1.165) is 12.8 Å². The van der Waals surface area contributed by atoms with Crippen LogP contribution in [0.3, 0.4) is 0 Å². The summed E-state index contributed by atoms with van der Waals surface area (Å²) in [6.07, 6.45) is 2.94. The van der Waals surface area contributed by atoms with Crippen LogP contribution in [0.25, 0.3) is 0 Å². The number of amides is 3. The Balaban J connectivity index is 2.11. The summed E-state index contributed by atoms with van der Waals surface area (Å²) in [4.78, 5) is 39.9. The predicted molar refractivity (Wildman–Crippen MR) is 77.2 cm³/mol. The quantitative estimate of drug-likeness (QED) is 0.703. The molecule has 0 radical (unpaired) electrons. The number of nitrogens with two attached hydrogens (primary N) is 1. The maximum Gasteiger partial charge on any atom is 0.246 e. The largest absolute Gasteiger partial charge is 0.357 e. The van der Waals surface area contributed by atoms with E-state index in [2.05, 4.69) is 5.32 Å². The third-order valence-corrected chi connectivity index (χ3v) is 4.30. The van der Waals surface area contributed by atoms with Gasteiger partial charge >= 0.3 is 0 Å². The lowest BCUT2D eigenvalue weighted by molar-refractivity contribution is -0.146. The van der Waals surface area contributed by atoms with Crippen molar-refractivity contribution in [2.45, 2.75) is 50.7 Å². The van der Waals surface area contributed by atoms with Gasteiger partial charge in [-0.1, -0.05) is 0 Å². The molecule has 0 saturated carbocycles. The van der Waals surface area contributed by atoms with Gasteiger partial charge in [-0.3, -0.25) is 14.4 Å². The van der Waals surface area contributed by atoms with E-state index in [9.17, 15) is 14.4 Å². The fraction of sp³-hybridized carbons (Fsp3) is 0.786. The van der Waals surface area contributed by atoms with Gasteiger partial charge in [0.1, 0.15) is 12.1 Å². The minimum atomic E-state index is -0.605. The van der Waals surface area contributed by atoms with Crippen molar-refractivity contribution >= 4 is 17.7 Å². The molecule has 0 aliphatic carbocycles. The average Bonchev–Trinajstić information content (AvgIpc) is 3.13. The van der Waals surface area contributed by atoms with Crippen LogP contribution in [0.2, 0.25) is 0 Å². The summed E-state index contributed by atoms with van der Waals surface area (Å²) in [5, 5.41) is 2.60. The highest BCUT2D eigenvalue weighted by atomic mass is 16.2. The van der Waals surface area contributed by atoms with Crippen molar-refractivity contribution in [3.8, 4) is 0 Å². The minimum Gasteiger partial charge on any atom is -0.357 e. The van der Waals surface area contributed by atoms with Crippen molar-refractivity contribution < 1.29 is 14.4 Å². The van der Waals surface area contributed by atoms with Crippen LogP contribution in [0.5, 0.6) is 0 Å². The van der Waals surface area contributed by atoms with Gasteiger partial charge in [0.05, 0.1) is 6.04 Å². The van der Waals surface area contributed by atoms with E-state index in [1.54, 1.807) is 23.8 Å². The highest BCUT2D eigenvalue weighted by molar-refractivity contribution is 5.93. The lowest BCUT2D eigenvalue weighted by Crippen LogP contribution is -2.54. The summed E-state index contributed by atoms with van der Waals surface area (Å²) < 4.78 is 0. The van der Waals surface area contributed by atoms with Gasteiger partial charge in [0.15, 0.2) is 0 Å². The number of carbonyl (C=O) groups is 3. The molecular formula is C14H24N4O3. The molecule has 0 spiro atoms. The third-order valence-electron chi connectivity index (χ3n) is 4.30. The summed E-state index contributed by atoms with van der Waals surface area (Å²) in [6, 6.07) is -1.48. The van der Waals surface area contributed by atoms with E-state index in [4.69, 9.17) is 5.73 Å². The second kappa shape index (κ2) is 6.43. The van der Waals surface area contributed by atoms with Crippen LogP contribution in [0.4, 0.5) is 0 Å². The van der Waals surface area contributed by atoms with Gasteiger partial charge < -0.3 is 20.9 Å². The van der Waals surface area contributed by atoms with Crippen molar-refractivity contribution in [2.24, 2.45) is 5.73 Å². The van der Waals surface area contributed by atoms with Gasteiger partial charge in [0, 0.05) is 20.1 Å². The molecule has 7 heteroatoms. The molecular weight excluding hydrogens is 272 g/mol. The topological polar surface area (TPSA) is 95.7 Å². The smallest absolute Gasteiger partial charge is 0.246 e. The molecule has 0 bridgehead atoms. The van der Waals surface area contributed by atoms with Crippen LogP contribution in [0.15, 0.2) is 0 Å². The van der Waals surface area contributed by atoms with Crippen molar-refractivity contribution in [1.29, 1.82) is 0 Å². The summed E-state index contributed by atoms with van der Waals surface area (Å²) in [6.45, 7) is 2.77. The SMILES string of the molecule is CNC(=O)[C@@H]1CCCN1C(=O)[C@@H]1CCCN1C(=O)[C@H](C)N. The Hall–Kier alpha value is -1.63. The van der Waals surface area contributed by atoms with Crippen molar-refractivity contribution in [3.63, 3.8) is 0 Å². The van der Waals surface area contributed by atoms with E-state index in [1.165, 1.54) is 0 Å². The predicted octanol–water partition coefficient (Wildman–Crippen LogP) is -0.938. The van der Waals surface area contributed by atoms with Crippen molar-refractivity contribution in [3.05, 3.63) is 0 Å². The van der Waals surface area contributed by atoms with Gasteiger partial charge in [-0.25, -0.2) is 0 Å². The molecule has 2 aliphatic heterocycles. The molecule has 0 aromatic rings. The van der Waals surface area contributed by atoms with Crippen molar-refractivity contribution in [1.82, 2.24) is 15.1 Å². The zero-order chi connectivity index (χ0) is 15.6. The number of hydrogen-bond donors (Lipinski definition) is 2. The highest BCUT2D eigenvalue weighted by Gasteiger charge is 2.42. The Labute approximate surface area is 124 Å². The number of hydrogen-bond acceptors (Lipinski definition) is 4.